The zero-order valence-corrected chi connectivity index (χ0v) is 19.7. The molecule has 0 bridgehead atoms. The number of hydrogen-bond donors (Lipinski definition) is 2. The van der Waals surface area contributed by atoms with Gasteiger partial charge in [-0.1, -0.05) is 0 Å². The number of carbonyl (C=O) groups excluding carboxylic acids is 2. The molecule has 0 aliphatic carbocycles. The van der Waals surface area contributed by atoms with Gasteiger partial charge in [0.25, 0.3) is 0 Å². The number of aromatic nitrogens is 2. The molecular formula is C24H25F3N6O3. The molecule has 0 aliphatic heterocycles. The van der Waals surface area contributed by atoms with Crippen LogP contribution in [-0.2, 0) is 28.7 Å². The van der Waals surface area contributed by atoms with E-state index in [-0.39, 0.29) is 16.7 Å². The van der Waals surface area contributed by atoms with Gasteiger partial charge in [-0.05, 0) is 55.8 Å². The number of imidazole rings is 1. The molecule has 0 saturated heterocycles. The van der Waals surface area contributed by atoms with Crippen LogP contribution >= 0.6 is 0 Å². The van der Waals surface area contributed by atoms with E-state index in [9.17, 15) is 27.6 Å². The molecule has 0 unspecified atom stereocenters. The first-order valence-corrected chi connectivity index (χ1v) is 11.1. The van der Waals surface area contributed by atoms with Crippen LogP contribution in [0.15, 0.2) is 41.2 Å². The van der Waals surface area contributed by atoms with Gasteiger partial charge in [-0.2, -0.15) is 18.4 Å². The predicted molar refractivity (Wildman–Crippen MR) is 128 cm³/mol. The molecule has 0 saturated carbocycles. The van der Waals surface area contributed by atoms with E-state index in [0.29, 0.717) is 0 Å². The molecule has 3 rings (SSSR count). The first-order valence-electron chi connectivity index (χ1n) is 11.1. The molecule has 3 N–H and O–H groups in total. The van der Waals surface area contributed by atoms with Gasteiger partial charge >= 0.3 is 11.9 Å². The summed E-state index contributed by atoms with van der Waals surface area (Å²) in [7, 11) is 0. The van der Waals surface area contributed by atoms with E-state index >= 15 is 0 Å². The van der Waals surface area contributed by atoms with E-state index in [1.54, 1.807) is 30.3 Å². The van der Waals surface area contributed by atoms with E-state index in [1.807, 2.05) is 13.8 Å². The molecule has 1 aromatic heterocycles. The van der Waals surface area contributed by atoms with Gasteiger partial charge in [-0.3, -0.25) is 14.2 Å². The number of halogens is 3. The van der Waals surface area contributed by atoms with E-state index in [4.69, 9.17) is 11.0 Å². The average molecular weight is 502 g/mol. The van der Waals surface area contributed by atoms with Gasteiger partial charge in [0, 0.05) is 24.5 Å². The molecule has 0 fully saturated rings. The van der Waals surface area contributed by atoms with E-state index in [2.05, 4.69) is 9.88 Å². The number of nitrogens with one attached hydrogen (secondary N) is 1. The number of anilines is 2. The van der Waals surface area contributed by atoms with Crippen molar-refractivity contribution in [1.82, 2.24) is 9.55 Å². The molecule has 0 radical (unpaired) electrons. The lowest BCUT2D eigenvalue weighted by Gasteiger charge is -2.25. The number of amides is 2. The summed E-state index contributed by atoms with van der Waals surface area (Å²) in [5.74, 6) is -1.69. The van der Waals surface area contributed by atoms with Gasteiger partial charge in [0.15, 0.2) is 0 Å². The fourth-order valence-corrected chi connectivity index (χ4v) is 4.15. The summed E-state index contributed by atoms with van der Waals surface area (Å²) in [6.07, 6.45) is -5.63. The number of fused-ring (bicyclic) bond motifs is 1. The van der Waals surface area contributed by atoms with Crippen molar-refractivity contribution in [3.8, 4) is 6.07 Å². The number of nitrogens with two attached hydrogens (primary N) is 1. The molecule has 2 aromatic carbocycles. The quantitative estimate of drug-likeness (QED) is 0.465. The Balaban J connectivity index is 2.11. The van der Waals surface area contributed by atoms with Crippen molar-refractivity contribution in [1.29, 1.82) is 5.26 Å². The van der Waals surface area contributed by atoms with Crippen molar-refractivity contribution in [2.24, 2.45) is 5.73 Å². The highest BCUT2D eigenvalue weighted by molar-refractivity contribution is 6.01. The third kappa shape index (κ3) is 5.35. The number of aromatic amines is 1. The summed E-state index contributed by atoms with van der Waals surface area (Å²) in [4.78, 5) is 42.9. The fraction of sp³-hybridized carbons (Fsp3) is 0.333. The smallest absolute Gasteiger partial charge is 0.372 e. The molecule has 0 aliphatic rings. The first-order chi connectivity index (χ1) is 17.0. The van der Waals surface area contributed by atoms with Crippen molar-refractivity contribution >= 4 is 34.2 Å². The number of primary amides is 1. The highest BCUT2D eigenvalue weighted by atomic mass is 19.4. The first kappa shape index (κ1) is 26.3. The summed E-state index contributed by atoms with van der Waals surface area (Å²) in [6, 6.07) is 10.2. The van der Waals surface area contributed by atoms with E-state index < -0.39 is 54.3 Å². The number of hydrogen-bond acceptors (Lipinski definition) is 5. The maximum Gasteiger partial charge on any atom is 0.416 e. The van der Waals surface area contributed by atoms with E-state index in [1.165, 1.54) is 0 Å². The van der Waals surface area contributed by atoms with Crippen molar-refractivity contribution in [3.63, 3.8) is 0 Å². The molecule has 190 valence electrons. The third-order valence-corrected chi connectivity index (χ3v) is 5.81. The Labute approximate surface area is 204 Å². The minimum atomic E-state index is -4.84. The summed E-state index contributed by atoms with van der Waals surface area (Å²) >= 11 is 0. The van der Waals surface area contributed by atoms with Gasteiger partial charge in [0.1, 0.15) is 13.1 Å². The maximum absolute atomic E-state index is 13.9. The molecule has 12 heteroatoms. The molecule has 9 nitrogen and oxygen atoms in total. The molecular weight excluding hydrogens is 477 g/mol. The standard InChI is InChI=1S/C24H25F3N6O3/c1-3-31(4-2)15-5-7-16(8-6-15)33(14-20(29)34)21(35)13-17-18(24(25,26)27)9-10-19-22(17)32(12-11-28)23(36)30-19/h5-10H,3-4,12-14H2,1-2H3,(H2,29,34)(H,30,36). The normalized spacial score (nSPS) is 11.3. The van der Waals surface area contributed by atoms with Crippen molar-refractivity contribution in [2.75, 3.05) is 29.4 Å². The maximum atomic E-state index is 13.9. The number of carbonyl (C=O) groups is 2. The Morgan fingerprint density at radius 1 is 1.08 bits per heavy atom. The molecule has 0 spiro atoms. The lowest BCUT2D eigenvalue weighted by atomic mass is 10.0. The van der Waals surface area contributed by atoms with Crippen LogP contribution in [0, 0.1) is 11.3 Å². The number of H-pyrrole nitrogens is 1. The van der Waals surface area contributed by atoms with Crippen molar-refractivity contribution in [2.45, 2.75) is 33.0 Å². The molecule has 36 heavy (non-hydrogen) atoms. The van der Waals surface area contributed by atoms with Crippen molar-refractivity contribution in [3.05, 3.63) is 58.0 Å². The van der Waals surface area contributed by atoms with Crippen LogP contribution in [0.1, 0.15) is 25.0 Å². The Kier molecular flexibility index (Phi) is 7.72. The monoisotopic (exact) mass is 502 g/mol. The van der Waals surface area contributed by atoms with Gasteiger partial charge in [0.05, 0.1) is 29.1 Å². The SMILES string of the molecule is CCN(CC)c1ccc(N(CC(N)=O)C(=O)Cc2c(C(F)(F)F)ccc3[nH]c(=O)n(CC#N)c23)cc1. The Hall–Kier alpha value is -4.27. The molecule has 0 atom stereocenters. The van der Waals surface area contributed by atoms with Crippen LogP contribution < -0.4 is 21.2 Å². The van der Waals surface area contributed by atoms with E-state index in [0.717, 1.165) is 40.4 Å². The Bertz CT molecular complexity index is 1370. The zero-order valence-electron chi connectivity index (χ0n) is 19.7. The number of rotatable bonds is 9. The number of nitriles is 1. The second kappa shape index (κ2) is 10.6. The van der Waals surface area contributed by atoms with Crippen LogP contribution in [0.4, 0.5) is 24.5 Å². The predicted octanol–water partition coefficient (Wildman–Crippen LogP) is 2.78. The van der Waals surface area contributed by atoms with Crippen LogP contribution in [0.2, 0.25) is 0 Å². The third-order valence-electron chi connectivity index (χ3n) is 5.81. The molecule has 2 amide bonds. The van der Waals surface area contributed by atoms with Crippen LogP contribution in [0.5, 0.6) is 0 Å². The second-order valence-corrected chi connectivity index (χ2v) is 7.97. The average Bonchev–Trinajstić information content (AvgIpc) is 3.14. The van der Waals surface area contributed by atoms with Crippen LogP contribution in [0.25, 0.3) is 11.0 Å². The summed E-state index contributed by atoms with van der Waals surface area (Å²) in [5.41, 5.74) is 3.96. The largest absolute Gasteiger partial charge is 0.416 e. The van der Waals surface area contributed by atoms with Gasteiger partial charge in [-0.25, -0.2) is 4.79 Å². The molecule has 1 heterocycles. The number of nitrogens with zero attached hydrogens (tertiary/aromatic N) is 4. The number of alkyl halides is 3. The molecule has 3 aromatic rings. The van der Waals surface area contributed by atoms with Crippen molar-refractivity contribution < 1.29 is 22.8 Å². The van der Waals surface area contributed by atoms with Gasteiger partial charge in [0.2, 0.25) is 11.8 Å². The topological polar surface area (TPSA) is 128 Å². The Morgan fingerprint density at radius 3 is 2.22 bits per heavy atom. The minimum Gasteiger partial charge on any atom is -0.372 e. The highest BCUT2D eigenvalue weighted by Crippen LogP contribution is 2.36. The second-order valence-electron chi connectivity index (χ2n) is 7.97. The minimum absolute atomic E-state index is 0.0519. The Morgan fingerprint density at radius 2 is 1.69 bits per heavy atom. The van der Waals surface area contributed by atoms with Gasteiger partial charge < -0.3 is 20.5 Å². The highest BCUT2D eigenvalue weighted by Gasteiger charge is 2.36. The summed E-state index contributed by atoms with van der Waals surface area (Å²) in [5, 5.41) is 9.08. The van der Waals surface area contributed by atoms with Crippen LogP contribution in [0.3, 0.4) is 0 Å². The lowest BCUT2D eigenvalue weighted by molar-refractivity contribution is -0.138. The fourth-order valence-electron chi connectivity index (χ4n) is 4.15. The number of benzene rings is 2. The summed E-state index contributed by atoms with van der Waals surface area (Å²) < 4.78 is 42.6. The zero-order chi connectivity index (χ0) is 26.6. The van der Waals surface area contributed by atoms with Crippen LogP contribution in [-0.4, -0.2) is 41.0 Å². The lowest BCUT2D eigenvalue weighted by Crippen LogP contribution is -2.39. The summed E-state index contributed by atoms with van der Waals surface area (Å²) in [6.45, 7) is 4.37. The van der Waals surface area contributed by atoms with Gasteiger partial charge in [-0.15, -0.1) is 0 Å².